The molecule has 0 amide bonds. The van der Waals surface area contributed by atoms with Crippen molar-refractivity contribution in [3.8, 4) is 6.08 Å². The molecule has 1 N–H and O–H groups in total. The van der Waals surface area contributed by atoms with Crippen molar-refractivity contribution < 1.29 is 13.9 Å². The van der Waals surface area contributed by atoms with Crippen LogP contribution < -0.4 is 10.1 Å². The number of oxazole rings is 1. The van der Waals surface area contributed by atoms with E-state index in [4.69, 9.17) is 13.9 Å². The van der Waals surface area contributed by atoms with Gasteiger partial charge in [-0.1, -0.05) is 27.7 Å². The van der Waals surface area contributed by atoms with E-state index in [1.165, 1.54) is 0 Å². The summed E-state index contributed by atoms with van der Waals surface area (Å²) >= 11 is 0. The van der Waals surface area contributed by atoms with E-state index >= 15 is 0 Å². The first kappa shape index (κ1) is 15.0. The van der Waals surface area contributed by atoms with Gasteiger partial charge in [0.1, 0.15) is 12.9 Å². The number of rotatable bonds is 9. The third kappa shape index (κ3) is 6.61. The van der Waals surface area contributed by atoms with Crippen LogP contribution in [0.4, 0.5) is 0 Å². The van der Waals surface area contributed by atoms with Gasteiger partial charge in [-0.25, -0.2) is 0 Å². The summed E-state index contributed by atoms with van der Waals surface area (Å²) in [6.45, 7) is 10.9. The average molecular weight is 256 g/mol. The van der Waals surface area contributed by atoms with Crippen LogP contribution in [-0.4, -0.2) is 30.8 Å². The fraction of sp³-hybridized carbons (Fsp3) is 0.769. The lowest BCUT2D eigenvalue weighted by atomic mass is 10.2. The van der Waals surface area contributed by atoms with Crippen LogP contribution in [-0.2, 0) is 11.3 Å². The summed E-state index contributed by atoms with van der Waals surface area (Å²) in [6.07, 6.45) is 1.92. The third-order valence-electron chi connectivity index (χ3n) is 2.13. The first-order chi connectivity index (χ1) is 8.58. The molecule has 0 saturated carbocycles. The number of hydrogen-bond acceptors (Lipinski definition) is 5. The van der Waals surface area contributed by atoms with Gasteiger partial charge < -0.3 is 19.2 Å². The lowest BCUT2D eigenvalue weighted by Gasteiger charge is -2.06. The molecule has 0 saturated heterocycles. The van der Waals surface area contributed by atoms with E-state index in [2.05, 4.69) is 38.0 Å². The predicted molar refractivity (Wildman–Crippen MR) is 69.6 cm³/mol. The molecule has 0 fully saturated rings. The predicted octanol–water partition coefficient (Wildman–Crippen LogP) is 2.22. The second-order valence-corrected chi connectivity index (χ2v) is 4.96. The minimum absolute atomic E-state index is 0.309. The SMILES string of the molecule is CC(C)COCCOc1nc(CNC(C)C)co1. The molecule has 0 aromatic carbocycles. The molecule has 0 radical (unpaired) electrons. The molecule has 1 aromatic rings. The van der Waals surface area contributed by atoms with Gasteiger partial charge in [0.05, 0.1) is 12.3 Å². The van der Waals surface area contributed by atoms with Gasteiger partial charge >= 0.3 is 6.08 Å². The minimum atomic E-state index is 0.309. The second-order valence-electron chi connectivity index (χ2n) is 4.96. The maximum Gasteiger partial charge on any atom is 0.393 e. The van der Waals surface area contributed by atoms with Crippen LogP contribution >= 0.6 is 0 Å². The molecule has 5 heteroatoms. The quantitative estimate of drug-likeness (QED) is 0.687. The fourth-order valence-electron chi connectivity index (χ4n) is 1.25. The van der Waals surface area contributed by atoms with Crippen molar-refractivity contribution in [1.82, 2.24) is 10.3 Å². The second kappa shape index (κ2) is 8.11. The van der Waals surface area contributed by atoms with Crippen molar-refractivity contribution in [2.24, 2.45) is 5.92 Å². The molecule has 1 heterocycles. The van der Waals surface area contributed by atoms with Gasteiger partial charge in [-0.2, -0.15) is 4.98 Å². The molecule has 0 aliphatic heterocycles. The Balaban J connectivity index is 2.15. The molecular weight excluding hydrogens is 232 g/mol. The maximum atomic E-state index is 5.40. The van der Waals surface area contributed by atoms with Gasteiger partial charge in [-0.15, -0.1) is 0 Å². The van der Waals surface area contributed by atoms with Gasteiger partial charge in [-0.05, 0) is 5.92 Å². The summed E-state index contributed by atoms with van der Waals surface area (Å²) in [5.74, 6) is 0.542. The Labute approximate surface area is 109 Å². The highest BCUT2D eigenvalue weighted by atomic mass is 16.6. The van der Waals surface area contributed by atoms with E-state index < -0.39 is 0 Å². The van der Waals surface area contributed by atoms with Crippen LogP contribution in [0.2, 0.25) is 0 Å². The van der Waals surface area contributed by atoms with Crippen molar-refractivity contribution in [3.05, 3.63) is 12.0 Å². The lowest BCUT2D eigenvalue weighted by Crippen LogP contribution is -2.21. The molecule has 0 unspecified atom stereocenters. The van der Waals surface area contributed by atoms with E-state index in [9.17, 15) is 0 Å². The van der Waals surface area contributed by atoms with Crippen molar-refractivity contribution in [2.45, 2.75) is 40.3 Å². The molecule has 0 aliphatic carbocycles. The first-order valence-corrected chi connectivity index (χ1v) is 6.46. The molecule has 0 atom stereocenters. The number of nitrogens with zero attached hydrogens (tertiary/aromatic N) is 1. The lowest BCUT2D eigenvalue weighted by molar-refractivity contribution is 0.0724. The first-order valence-electron chi connectivity index (χ1n) is 6.46. The maximum absolute atomic E-state index is 5.40. The Bertz CT molecular complexity index is 324. The van der Waals surface area contributed by atoms with Crippen LogP contribution in [0.5, 0.6) is 6.08 Å². The molecule has 0 spiro atoms. The Morgan fingerprint density at radius 2 is 2.06 bits per heavy atom. The molecule has 0 bridgehead atoms. The molecule has 5 nitrogen and oxygen atoms in total. The van der Waals surface area contributed by atoms with Gasteiger partial charge in [0.2, 0.25) is 0 Å². The molecule has 0 aliphatic rings. The normalized spacial score (nSPS) is 11.4. The summed E-state index contributed by atoms with van der Waals surface area (Å²) in [4.78, 5) is 4.21. The average Bonchev–Trinajstić information content (AvgIpc) is 2.73. The van der Waals surface area contributed by atoms with Crippen LogP contribution in [0.3, 0.4) is 0 Å². The molecule has 1 rings (SSSR count). The minimum Gasteiger partial charge on any atom is -0.448 e. The van der Waals surface area contributed by atoms with E-state index in [1.54, 1.807) is 6.26 Å². The summed E-state index contributed by atoms with van der Waals surface area (Å²) in [5, 5.41) is 3.26. The Hall–Kier alpha value is -1.07. The highest BCUT2D eigenvalue weighted by Crippen LogP contribution is 2.09. The van der Waals surface area contributed by atoms with E-state index in [-0.39, 0.29) is 0 Å². The number of nitrogens with one attached hydrogen (secondary N) is 1. The number of aromatic nitrogens is 1. The molecular formula is C13H24N2O3. The van der Waals surface area contributed by atoms with Crippen LogP contribution in [0.25, 0.3) is 0 Å². The molecule has 18 heavy (non-hydrogen) atoms. The van der Waals surface area contributed by atoms with E-state index in [1.807, 2.05) is 0 Å². The third-order valence-corrected chi connectivity index (χ3v) is 2.13. The largest absolute Gasteiger partial charge is 0.448 e. The zero-order chi connectivity index (χ0) is 13.4. The standard InChI is InChI=1S/C13H24N2O3/c1-10(2)8-16-5-6-17-13-15-12(9-18-13)7-14-11(3)4/h9-11,14H,5-8H2,1-4H3. The smallest absolute Gasteiger partial charge is 0.393 e. The number of hydrogen-bond donors (Lipinski definition) is 1. The van der Waals surface area contributed by atoms with E-state index in [0.717, 1.165) is 12.3 Å². The Morgan fingerprint density at radius 3 is 2.72 bits per heavy atom. The fourth-order valence-corrected chi connectivity index (χ4v) is 1.25. The van der Waals surface area contributed by atoms with Gasteiger partial charge in [0.15, 0.2) is 0 Å². The van der Waals surface area contributed by atoms with Crippen molar-refractivity contribution in [3.63, 3.8) is 0 Å². The Kier molecular flexibility index (Phi) is 6.75. The summed E-state index contributed by atoms with van der Waals surface area (Å²) in [7, 11) is 0. The zero-order valence-electron chi connectivity index (χ0n) is 11.7. The summed E-state index contributed by atoms with van der Waals surface area (Å²) in [6, 6.07) is 0.426. The van der Waals surface area contributed by atoms with E-state index in [0.29, 0.717) is 37.8 Å². The van der Waals surface area contributed by atoms with Crippen molar-refractivity contribution >= 4 is 0 Å². The Morgan fingerprint density at radius 1 is 1.28 bits per heavy atom. The van der Waals surface area contributed by atoms with Crippen LogP contribution in [0.1, 0.15) is 33.4 Å². The van der Waals surface area contributed by atoms with Crippen molar-refractivity contribution in [1.29, 1.82) is 0 Å². The highest BCUT2D eigenvalue weighted by Gasteiger charge is 2.05. The van der Waals surface area contributed by atoms with Gasteiger partial charge in [-0.3, -0.25) is 0 Å². The van der Waals surface area contributed by atoms with Crippen molar-refractivity contribution in [2.75, 3.05) is 19.8 Å². The van der Waals surface area contributed by atoms with Crippen LogP contribution in [0, 0.1) is 5.92 Å². The topological polar surface area (TPSA) is 56.5 Å². The summed E-state index contributed by atoms with van der Waals surface area (Å²) < 4.78 is 15.9. The van der Waals surface area contributed by atoms with Crippen LogP contribution in [0.15, 0.2) is 10.7 Å². The summed E-state index contributed by atoms with van der Waals surface area (Å²) in [5.41, 5.74) is 0.849. The highest BCUT2D eigenvalue weighted by molar-refractivity contribution is 4.99. The monoisotopic (exact) mass is 256 g/mol. The van der Waals surface area contributed by atoms with Gasteiger partial charge in [0, 0.05) is 19.2 Å². The molecule has 1 aromatic heterocycles. The molecule has 104 valence electrons. The van der Waals surface area contributed by atoms with Gasteiger partial charge in [0.25, 0.3) is 0 Å². The zero-order valence-corrected chi connectivity index (χ0v) is 11.7. The number of ether oxygens (including phenoxy) is 2.